The summed E-state index contributed by atoms with van der Waals surface area (Å²) >= 11 is 0. The van der Waals surface area contributed by atoms with E-state index >= 15 is 0 Å². The van der Waals surface area contributed by atoms with Gasteiger partial charge in [-0.3, -0.25) is 0 Å². The van der Waals surface area contributed by atoms with Crippen molar-refractivity contribution >= 4 is 18.4 Å². The summed E-state index contributed by atoms with van der Waals surface area (Å²) in [6.45, 7) is 0.833. The molecule has 126 valence electrons. The number of halogens is 7. The Morgan fingerprint density at radius 3 is 2.27 bits per heavy atom. The topological polar surface area (TPSA) is 52.3 Å². The minimum absolute atomic E-state index is 0. The van der Waals surface area contributed by atoms with Gasteiger partial charge in [0.1, 0.15) is 11.9 Å². The molecule has 0 aliphatic carbocycles. The van der Waals surface area contributed by atoms with Crippen molar-refractivity contribution in [2.45, 2.75) is 25.1 Å². The fourth-order valence-corrected chi connectivity index (χ4v) is 1.60. The van der Waals surface area contributed by atoms with Crippen LogP contribution in [0.4, 0.5) is 26.3 Å². The number of carbonyl (C=O) groups excluding carboxylic acids is 1. The number of esters is 1. The first-order valence-electron chi connectivity index (χ1n) is 5.69. The number of benzene rings is 1. The lowest BCUT2D eigenvalue weighted by molar-refractivity contribution is -0.175. The second-order valence-electron chi connectivity index (χ2n) is 4.05. The lowest BCUT2D eigenvalue weighted by atomic mass is 9.95. The van der Waals surface area contributed by atoms with Gasteiger partial charge in [-0.25, -0.2) is 9.18 Å². The molecule has 0 amide bonds. The summed E-state index contributed by atoms with van der Waals surface area (Å²) in [5, 5.41) is 0. The number of nitrogens with two attached hydrogens (primary N) is 1. The van der Waals surface area contributed by atoms with Crippen LogP contribution >= 0.6 is 12.4 Å². The zero-order chi connectivity index (χ0) is 16.4. The van der Waals surface area contributed by atoms with Crippen molar-refractivity contribution in [3.63, 3.8) is 0 Å². The Hall–Kier alpha value is -1.48. The molecule has 1 aromatic carbocycles. The summed E-state index contributed by atoms with van der Waals surface area (Å²) in [7, 11) is 0. The van der Waals surface area contributed by atoms with E-state index in [1.165, 1.54) is 6.92 Å². The molecule has 0 aliphatic heterocycles. The molecule has 0 spiro atoms. The third kappa shape index (κ3) is 4.26. The first-order valence-corrected chi connectivity index (χ1v) is 5.69. The van der Waals surface area contributed by atoms with Gasteiger partial charge in [-0.05, 0) is 30.7 Å². The number of alkyl halides is 5. The minimum atomic E-state index is -5.02. The molecule has 1 rings (SSSR count). The molecule has 0 saturated carbocycles. The van der Waals surface area contributed by atoms with Crippen molar-refractivity contribution in [1.29, 1.82) is 0 Å². The van der Waals surface area contributed by atoms with E-state index in [1.807, 2.05) is 0 Å². The summed E-state index contributed by atoms with van der Waals surface area (Å²) in [6, 6.07) is -1.72. The van der Waals surface area contributed by atoms with Crippen molar-refractivity contribution in [2.24, 2.45) is 5.73 Å². The van der Waals surface area contributed by atoms with E-state index in [2.05, 4.69) is 4.74 Å². The van der Waals surface area contributed by atoms with Gasteiger partial charge in [0.2, 0.25) is 0 Å². The Bertz CT molecular complexity index is 535. The van der Waals surface area contributed by atoms with Gasteiger partial charge in [-0.2, -0.15) is 22.0 Å². The molecule has 0 heterocycles. The molecule has 0 saturated heterocycles. The maximum absolute atomic E-state index is 13.7. The second-order valence-corrected chi connectivity index (χ2v) is 4.05. The zero-order valence-corrected chi connectivity index (χ0v) is 11.9. The van der Waals surface area contributed by atoms with Gasteiger partial charge >= 0.3 is 18.1 Å². The molecule has 0 unspecified atom stereocenters. The van der Waals surface area contributed by atoms with E-state index in [9.17, 15) is 31.1 Å². The van der Waals surface area contributed by atoms with Gasteiger partial charge in [0.25, 0.3) is 0 Å². The number of carbonyl (C=O) groups is 1. The molecular weight excluding hydrogens is 340 g/mol. The molecule has 22 heavy (non-hydrogen) atoms. The molecular formula is C12H12ClF6NO2. The second kappa shape index (κ2) is 7.19. The molecule has 1 atom stereocenters. The average molecular weight is 352 g/mol. The fourth-order valence-electron chi connectivity index (χ4n) is 1.60. The zero-order valence-electron chi connectivity index (χ0n) is 11.1. The van der Waals surface area contributed by atoms with E-state index in [0.29, 0.717) is 6.07 Å². The van der Waals surface area contributed by atoms with Crippen molar-refractivity contribution in [3.8, 4) is 0 Å². The van der Waals surface area contributed by atoms with E-state index in [-0.39, 0.29) is 24.5 Å². The Morgan fingerprint density at radius 2 is 1.82 bits per heavy atom. The third-order valence-corrected chi connectivity index (χ3v) is 2.59. The van der Waals surface area contributed by atoms with Gasteiger partial charge in [-0.1, -0.05) is 0 Å². The Labute approximate surface area is 127 Å². The van der Waals surface area contributed by atoms with Gasteiger partial charge in [0.15, 0.2) is 0 Å². The van der Waals surface area contributed by atoms with E-state index < -0.39 is 47.7 Å². The fraction of sp³-hybridized carbons (Fsp3) is 0.417. The molecule has 0 radical (unpaired) electrons. The highest BCUT2D eigenvalue weighted by molar-refractivity contribution is 5.85. The summed E-state index contributed by atoms with van der Waals surface area (Å²) in [4.78, 5) is 11.1. The molecule has 0 fully saturated rings. The Balaban J connectivity index is 0.00000441. The van der Waals surface area contributed by atoms with E-state index in [1.54, 1.807) is 0 Å². The van der Waals surface area contributed by atoms with Crippen LogP contribution in [-0.4, -0.2) is 18.5 Å². The molecule has 3 nitrogen and oxygen atoms in total. The van der Waals surface area contributed by atoms with Crippen LogP contribution in [-0.2, 0) is 15.7 Å². The quantitative estimate of drug-likeness (QED) is 0.667. The third-order valence-electron chi connectivity index (χ3n) is 2.59. The van der Waals surface area contributed by atoms with Crippen LogP contribution in [0.1, 0.15) is 24.1 Å². The van der Waals surface area contributed by atoms with Crippen LogP contribution in [0.25, 0.3) is 0 Å². The van der Waals surface area contributed by atoms with Crippen LogP contribution in [0, 0.1) is 5.82 Å². The summed E-state index contributed by atoms with van der Waals surface area (Å²) in [5.41, 5.74) is 2.29. The molecule has 10 heteroatoms. The van der Waals surface area contributed by atoms with E-state index in [0.717, 1.165) is 0 Å². The lowest BCUT2D eigenvalue weighted by Crippen LogP contribution is -2.42. The highest BCUT2D eigenvalue weighted by Crippen LogP contribution is 2.39. The maximum atomic E-state index is 13.7. The highest BCUT2D eigenvalue weighted by atomic mass is 35.5. The summed E-state index contributed by atoms with van der Waals surface area (Å²) in [5.74, 6) is -7.69. The minimum Gasteiger partial charge on any atom is -0.462 e. The van der Waals surface area contributed by atoms with Crippen LogP contribution < -0.4 is 5.73 Å². The lowest BCUT2D eigenvalue weighted by Gasteiger charge is -2.24. The number of hydrogen-bond acceptors (Lipinski definition) is 3. The molecule has 0 aliphatic rings. The van der Waals surface area contributed by atoms with Crippen LogP contribution in [0.15, 0.2) is 18.2 Å². The first kappa shape index (κ1) is 20.5. The van der Waals surface area contributed by atoms with Crippen LogP contribution in [0.5, 0.6) is 0 Å². The largest absolute Gasteiger partial charge is 0.462 e. The van der Waals surface area contributed by atoms with Crippen LogP contribution in [0.2, 0.25) is 0 Å². The molecule has 2 N–H and O–H groups in total. The van der Waals surface area contributed by atoms with Gasteiger partial charge in [0, 0.05) is 0 Å². The molecule has 0 aromatic heterocycles. The smallest absolute Gasteiger partial charge is 0.416 e. The predicted molar refractivity (Wildman–Crippen MR) is 67.2 cm³/mol. The Morgan fingerprint density at radius 1 is 1.27 bits per heavy atom. The average Bonchev–Trinajstić information content (AvgIpc) is 2.36. The predicted octanol–water partition coefficient (Wildman–Crippen LogP) is 3.46. The van der Waals surface area contributed by atoms with Gasteiger partial charge < -0.3 is 10.5 Å². The van der Waals surface area contributed by atoms with Crippen molar-refractivity contribution in [1.82, 2.24) is 0 Å². The van der Waals surface area contributed by atoms with Gasteiger partial charge in [-0.15, -0.1) is 12.4 Å². The standard InChI is InChI=1S/C12H11F6NO2.ClH/c1-2-21-10(20)11(14,15)9(19)7-5-6(13)3-4-8(7)12(16,17)18;/h3-5,9H,2,19H2,1H3;1H/t9-;/m0./s1. The number of ether oxygens (including phenoxy) is 1. The van der Waals surface area contributed by atoms with Crippen molar-refractivity contribution < 1.29 is 35.9 Å². The summed E-state index contributed by atoms with van der Waals surface area (Å²) in [6.07, 6.45) is -5.02. The first-order chi connectivity index (χ1) is 9.51. The monoisotopic (exact) mass is 351 g/mol. The number of rotatable bonds is 4. The molecule has 1 aromatic rings. The van der Waals surface area contributed by atoms with Gasteiger partial charge in [0.05, 0.1) is 12.2 Å². The van der Waals surface area contributed by atoms with Crippen molar-refractivity contribution in [3.05, 3.63) is 35.1 Å². The SMILES string of the molecule is CCOC(=O)C(F)(F)[C@@H](N)c1cc(F)ccc1C(F)(F)F.Cl. The van der Waals surface area contributed by atoms with Crippen LogP contribution in [0.3, 0.4) is 0 Å². The summed E-state index contributed by atoms with van der Waals surface area (Å²) < 4.78 is 82.7. The molecule has 0 bridgehead atoms. The van der Waals surface area contributed by atoms with Crippen molar-refractivity contribution in [2.75, 3.05) is 6.61 Å². The Kier molecular flexibility index (Phi) is 6.70. The highest BCUT2D eigenvalue weighted by Gasteiger charge is 2.50. The number of hydrogen-bond donors (Lipinski definition) is 1. The van der Waals surface area contributed by atoms with E-state index in [4.69, 9.17) is 5.73 Å². The normalized spacial score (nSPS) is 13.3. The maximum Gasteiger partial charge on any atom is 0.416 e.